The van der Waals surface area contributed by atoms with Crippen molar-refractivity contribution >= 4 is 11.8 Å². The Kier molecular flexibility index (Phi) is 4.73. The SMILES string of the molecule is O=C1CC2CC(NC(=O)CCc3ccccc3)CCC2NN1. The summed E-state index contributed by atoms with van der Waals surface area (Å²) >= 11 is 0. The number of aryl methyl sites for hydroxylation is 1. The van der Waals surface area contributed by atoms with E-state index >= 15 is 0 Å². The zero-order chi connectivity index (χ0) is 15.4. The molecule has 3 N–H and O–H groups in total. The molecule has 22 heavy (non-hydrogen) atoms. The van der Waals surface area contributed by atoms with Crippen LogP contribution in [0.1, 0.15) is 37.7 Å². The Hall–Kier alpha value is -1.88. The first-order valence-corrected chi connectivity index (χ1v) is 8.08. The fourth-order valence-electron chi connectivity index (χ4n) is 3.48. The second-order valence-electron chi connectivity index (χ2n) is 6.33. The van der Waals surface area contributed by atoms with Crippen molar-refractivity contribution in [2.45, 2.75) is 50.6 Å². The molecule has 1 heterocycles. The molecule has 1 saturated carbocycles. The zero-order valence-electron chi connectivity index (χ0n) is 12.7. The molecular weight excluding hydrogens is 278 g/mol. The van der Waals surface area contributed by atoms with E-state index in [2.05, 4.69) is 16.2 Å². The number of hydrazine groups is 1. The predicted molar refractivity (Wildman–Crippen MR) is 83.7 cm³/mol. The predicted octanol–water partition coefficient (Wildman–Crippen LogP) is 1.30. The lowest BCUT2D eigenvalue weighted by Crippen LogP contribution is -2.57. The average molecular weight is 301 g/mol. The molecule has 0 radical (unpaired) electrons. The van der Waals surface area contributed by atoms with E-state index in [0.717, 1.165) is 25.7 Å². The maximum absolute atomic E-state index is 12.1. The van der Waals surface area contributed by atoms with Crippen molar-refractivity contribution in [2.75, 3.05) is 0 Å². The number of nitrogens with one attached hydrogen (secondary N) is 3. The summed E-state index contributed by atoms with van der Waals surface area (Å²) in [5, 5.41) is 3.14. The van der Waals surface area contributed by atoms with E-state index in [1.807, 2.05) is 30.3 Å². The molecule has 5 heteroatoms. The van der Waals surface area contributed by atoms with Gasteiger partial charge in [0.05, 0.1) is 0 Å². The molecule has 1 aromatic carbocycles. The Bertz CT molecular complexity index is 532. The van der Waals surface area contributed by atoms with Crippen LogP contribution in [0.15, 0.2) is 30.3 Å². The smallest absolute Gasteiger partial charge is 0.234 e. The van der Waals surface area contributed by atoms with E-state index in [1.54, 1.807) is 0 Å². The van der Waals surface area contributed by atoms with Crippen molar-refractivity contribution in [1.29, 1.82) is 0 Å². The Labute approximate surface area is 130 Å². The molecule has 1 saturated heterocycles. The minimum Gasteiger partial charge on any atom is -0.353 e. The van der Waals surface area contributed by atoms with Crippen LogP contribution in [0.5, 0.6) is 0 Å². The van der Waals surface area contributed by atoms with E-state index in [-0.39, 0.29) is 17.9 Å². The third-order valence-corrected chi connectivity index (χ3v) is 4.68. The van der Waals surface area contributed by atoms with Crippen molar-refractivity contribution in [3.8, 4) is 0 Å². The van der Waals surface area contributed by atoms with Gasteiger partial charge in [-0.2, -0.15) is 0 Å². The third kappa shape index (κ3) is 3.85. The zero-order valence-corrected chi connectivity index (χ0v) is 12.7. The van der Waals surface area contributed by atoms with Crippen LogP contribution in [0, 0.1) is 5.92 Å². The van der Waals surface area contributed by atoms with Crippen LogP contribution < -0.4 is 16.2 Å². The first kappa shape index (κ1) is 15.0. The van der Waals surface area contributed by atoms with Gasteiger partial charge in [-0.25, -0.2) is 5.43 Å². The Morgan fingerprint density at radius 3 is 2.86 bits per heavy atom. The summed E-state index contributed by atoms with van der Waals surface area (Å²) in [6.07, 6.45) is 4.72. The normalized spacial score (nSPS) is 27.6. The lowest BCUT2D eigenvalue weighted by Gasteiger charge is -2.39. The Balaban J connectivity index is 1.45. The highest BCUT2D eigenvalue weighted by Crippen LogP contribution is 2.29. The molecule has 1 aliphatic heterocycles. The largest absolute Gasteiger partial charge is 0.353 e. The summed E-state index contributed by atoms with van der Waals surface area (Å²) in [5.74, 6) is 0.500. The van der Waals surface area contributed by atoms with E-state index in [9.17, 15) is 9.59 Å². The van der Waals surface area contributed by atoms with Crippen molar-refractivity contribution in [3.05, 3.63) is 35.9 Å². The van der Waals surface area contributed by atoms with Crippen LogP contribution in [-0.2, 0) is 16.0 Å². The quantitative estimate of drug-likeness (QED) is 0.785. The van der Waals surface area contributed by atoms with Crippen LogP contribution in [0.3, 0.4) is 0 Å². The number of rotatable bonds is 4. The fourth-order valence-corrected chi connectivity index (χ4v) is 3.48. The summed E-state index contributed by atoms with van der Waals surface area (Å²) < 4.78 is 0. The topological polar surface area (TPSA) is 70.2 Å². The second-order valence-corrected chi connectivity index (χ2v) is 6.33. The number of amides is 2. The number of benzene rings is 1. The van der Waals surface area contributed by atoms with Crippen molar-refractivity contribution in [1.82, 2.24) is 16.2 Å². The van der Waals surface area contributed by atoms with Gasteiger partial charge in [0.1, 0.15) is 0 Å². The van der Waals surface area contributed by atoms with Gasteiger partial charge in [-0.15, -0.1) is 0 Å². The molecule has 3 unspecified atom stereocenters. The summed E-state index contributed by atoms with van der Waals surface area (Å²) in [7, 11) is 0. The van der Waals surface area contributed by atoms with E-state index in [0.29, 0.717) is 24.8 Å². The summed E-state index contributed by atoms with van der Waals surface area (Å²) in [6, 6.07) is 10.6. The van der Waals surface area contributed by atoms with Crippen LogP contribution in [0.4, 0.5) is 0 Å². The summed E-state index contributed by atoms with van der Waals surface area (Å²) in [6.45, 7) is 0. The molecule has 3 atom stereocenters. The minimum absolute atomic E-state index is 0.0531. The summed E-state index contributed by atoms with van der Waals surface area (Å²) in [5.41, 5.74) is 6.97. The van der Waals surface area contributed by atoms with Crippen molar-refractivity contribution in [3.63, 3.8) is 0 Å². The molecule has 0 bridgehead atoms. The summed E-state index contributed by atoms with van der Waals surface area (Å²) in [4.78, 5) is 23.5. The molecule has 0 aromatic heterocycles. The van der Waals surface area contributed by atoms with Crippen LogP contribution >= 0.6 is 0 Å². The number of fused-ring (bicyclic) bond motifs is 1. The van der Waals surface area contributed by atoms with Gasteiger partial charge < -0.3 is 5.32 Å². The Morgan fingerprint density at radius 1 is 1.23 bits per heavy atom. The maximum atomic E-state index is 12.1. The molecule has 2 aliphatic rings. The fraction of sp³-hybridized carbons (Fsp3) is 0.529. The molecule has 3 rings (SSSR count). The molecule has 118 valence electrons. The van der Waals surface area contributed by atoms with Gasteiger partial charge in [0.2, 0.25) is 11.8 Å². The van der Waals surface area contributed by atoms with Gasteiger partial charge in [0.15, 0.2) is 0 Å². The standard InChI is InChI=1S/C17H23N3O2/c21-16(9-6-12-4-2-1-3-5-12)18-14-7-8-15-13(10-14)11-17(22)20-19-15/h1-5,13-15,19H,6-11H2,(H,18,21)(H,20,22). The number of hydrogen-bond donors (Lipinski definition) is 3. The van der Waals surface area contributed by atoms with Gasteiger partial charge in [0.25, 0.3) is 0 Å². The van der Waals surface area contributed by atoms with Gasteiger partial charge in [-0.1, -0.05) is 30.3 Å². The molecule has 0 spiro atoms. The minimum atomic E-state index is 0.0531. The maximum Gasteiger partial charge on any atom is 0.234 e. The lowest BCUT2D eigenvalue weighted by molar-refractivity contribution is -0.126. The number of hydrogen-bond acceptors (Lipinski definition) is 3. The van der Waals surface area contributed by atoms with Gasteiger partial charge in [0, 0.05) is 24.9 Å². The van der Waals surface area contributed by atoms with Gasteiger partial charge in [-0.3, -0.25) is 15.0 Å². The lowest BCUT2D eigenvalue weighted by atomic mass is 9.79. The van der Waals surface area contributed by atoms with E-state index in [1.165, 1.54) is 5.56 Å². The number of carbonyl (C=O) groups excluding carboxylic acids is 2. The molecular formula is C17H23N3O2. The molecule has 2 fully saturated rings. The molecule has 2 amide bonds. The third-order valence-electron chi connectivity index (χ3n) is 4.68. The highest BCUT2D eigenvalue weighted by Gasteiger charge is 2.35. The first-order chi connectivity index (χ1) is 10.7. The van der Waals surface area contributed by atoms with E-state index in [4.69, 9.17) is 0 Å². The van der Waals surface area contributed by atoms with Crippen LogP contribution in [0.2, 0.25) is 0 Å². The number of carbonyl (C=O) groups is 2. The second kappa shape index (κ2) is 6.92. The molecule has 1 aliphatic carbocycles. The van der Waals surface area contributed by atoms with E-state index < -0.39 is 0 Å². The highest BCUT2D eigenvalue weighted by atomic mass is 16.2. The Morgan fingerprint density at radius 2 is 2.05 bits per heavy atom. The van der Waals surface area contributed by atoms with Gasteiger partial charge in [-0.05, 0) is 37.2 Å². The van der Waals surface area contributed by atoms with Crippen LogP contribution in [0.25, 0.3) is 0 Å². The van der Waals surface area contributed by atoms with Crippen LogP contribution in [-0.4, -0.2) is 23.9 Å². The monoisotopic (exact) mass is 301 g/mol. The van der Waals surface area contributed by atoms with Crippen molar-refractivity contribution < 1.29 is 9.59 Å². The highest BCUT2D eigenvalue weighted by molar-refractivity contribution is 5.77. The van der Waals surface area contributed by atoms with Gasteiger partial charge >= 0.3 is 0 Å². The van der Waals surface area contributed by atoms with Crippen molar-refractivity contribution in [2.24, 2.45) is 5.92 Å². The molecule has 5 nitrogen and oxygen atoms in total. The average Bonchev–Trinajstić information content (AvgIpc) is 2.53. The molecule has 1 aromatic rings. The first-order valence-electron chi connectivity index (χ1n) is 8.08.